The van der Waals surface area contributed by atoms with Crippen LogP contribution >= 0.6 is 0 Å². The van der Waals surface area contributed by atoms with Gasteiger partial charge in [-0.2, -0.15) is 0 Å². The fraction of sp³-hybridized carbons (Fsp3) is 0.838. The van der Waals surface area contributed by atoms with Crippen molar-refractivity contribution in [2.24, 2.45) is 0 Å². The summed E-state index contributed by atoms with van der Waals surface area (Å²) in [6.45, 7) is 1.59. The van der Waals surface area contributed by atoms with Crippen molar-refractivity contribution in [2.45, 2.75) is 336 Å². The Hall–Kier alpha value is -2.51. The van der Waals surface area contributed by atoms with E-state index in [1.54, 1.807) is 6.08 Å². The molecular formula is C68H121NO18. The molecule has 19 heteroatoms. The summed E-state index contributed by atoms with van der Waals surface area (Å²) >= 11 is 0. The topological polar surface area (TPSA) is 307 Å². The number of allylic oxidation sites excluding steroid dienone is 9. The highest BCUT2D eigenvalue weighted by Crippen LogP contribution is 2.33. The van der Waals surface area contributed by atoms with Gasteiger partial charge >= 0.3 is 0 Å². The average molecular weight is 1240 g/mol. The van der Waals surface area contributed by atoms with E-state index in [0.717, 1.165) is 70.6 Å². The lowest BCUT2D eigenvalue weighted by atomic mass is 9.96. The number of amides is 1. The molecule has 12 N–H and O–H groups in total. The van der Waals surface area contributed by atoms with Gasteiger partial charge in [-0.25, -0.2) is 0 Å². The zero-order valence-electron chi connectivity index (χ0n) is 53.2. The molecule has 0 aromatic carbocycles. The van der Waals surface area contributed by atoms with Crippen molar-refractivity contribution in [3.8, 4) is 0 Å². The van der Waals surface area contributed by atoms with Crippen LogP contribution in [0.5, 0.6) is 0 Å². The van der Waals surface area contributed by atoms with Crippen LogP contribution in [0.2, 0.25) is 0 Å². The molecule has 0 saturated carbocycles. The second-order valence-electron chi connectivity index (χ2n) is 24.2. The lowest BCUT2D eigenvalue weighted by Crippen LogP contribution is -2.66. The molecule has 3 aliphatic heterocycles. The number of nitrogens with one attached hydrogen (secondary N) is 1. The van der Waals surface area contributed by atoms with Crippen molar-refractivity contribution < 1.29 is 89.4 Å². The number of rotatable bonds is 51. The van der Waals surface area contributed by atoms with Gasteiger partial charge in [-0.3, -0.25) is 4.79 Å². The minimum Gasteiger partial charge on any atom is -0.394 e. The Bertz CT molecular complexity index is 1820. The van der Waals surface area contributed by atoms with Crippen LogP contribution in [-0.2, 0) is 33.2 Å². The van der Waals surface area contributed by atoms with Crippen molar-refractivity contribution in [3.05, 3.63) is 60.8 Å². The normalized spacial score (nSPS) is 29.0. The highest BCUT2D eigenvalue weighted by molar-refractivity contribution is 5.76. The van der Waals surface area contributed by atoms with Crippen molar-refractivity contribution in [1.82, 2.24) is 5.32 Å². The predicted octanol–water partition coefficient (Wildman–Crippen LogP) is 8.38. The molecule has 0 bridgehead atoms. The fourth-order valence-corrected chi connectivity index (χ4v) is 11.3. The molecule has 3 aliphatic rings. The molecule has 0 aromatic rings. The number of carbonyl (C=O) groups excluding carboxylic acids is 1. The van der Waals surface area contributed by atoms with E-state index in [9.17, 15) is 61.0 Å². The van der Waals surface area contributed by atoms with E-state index in [2.05, 4.69) is 67.8 Å². The van der Waals surface area contributed by atoms with Gasteiger partial charge in [-0.05, 0) is 64.2 Å². The third-order valence-electron chi connectivity index (χ3n) is 16.8. The van der Waals surface area contributed by atoms with Crippen LogP contribution in [0.25, 0.3) is 0 Å². The monoisotopic (exact) mass is 1240 g/mol. The lowest BCUT2D eigenvalue weighted by Gasteiger charge is -2.48. The van der Waals surface area contributed by atoms with Crippen LogP contribution in [0.1, 0.15) is 232 Å². The lowest BCUT2D eigenvalue weighted by molar-refractivity contribution is -0.379. The number of hydrogen-bond donors (Lipinski definition) is 12. The average Bonchev–Trinajstić information content (AvgIpc) is 2.90. The van der Waals surface area contributed by atoms with Gasteiger partial charge in [0.15, 0.2) is 18.9 Å². The number of ether oxygens (including phenoxy) is 6. The molecule has 3 saturated heterocycles. The number of carbonyl (C=O) groups is 1. The minimum absolute atomic E-state index is 0.214. The molecule has 0 radical (unpaired) electrons. The van der Waals surface area contributed by atoms with Crippen molar-refractivity contribution in [2.75, 3.05) is 26.4 Å². The highest BCUT2D eigenvalue weighted by Gasteiger charge is 2.53. The van der Waals surface area contributed by atoms with E-state index in [1.807, 2.05) is 6.08 Å². The minimum atomic E-state index is -1.98. The zero-order valence-corrected chi connectivity index (χ0v) is 53.2. The Balaban J connectivity index is 1.45. The molecule has 1 amide bonds. The van der Waals surface area contributed by atoms with Crippen molar-refractivity contribution in [3.63, 3.8) is 0 Å². The molecule has 3 heterocycles. The first-order valence-corrected chi connectivity index (χ1v) is 34.0. The second kappa shape index (κ2) is 50.1. The molecule has 0 aliphatic carbocycles. The van der Waals surface area contributed by atoms with E-state index in [4.69, 9.17) is 28.4 Å². The summed E-state index contributed by atoms with van der Waals surface area (Å²) in [5.74, 6) is -0.303. The number of unbranched alkanes of at least 4 members (excludes halogenated alkanes) is 27. The molecule has 3 fully saturated rings. The van der Waals surface area contributed by atoms with E-state index >= 15 is 0 Å². The quantitative estimate of drug-likeness (QED) is 0.0201. The molecular weight excluding hydrogens is 1120 g/mol. The fourth-order valence-electron chi connectivity index (χ4n) is 11.3. The third-order valence-corrected chi connectivity index (χ3v) is 16.8. The van der Waals surface area contributed by atoms with Crippen LogP contribution in [-0.4, -0.2) is 193 Å². The summed E-state index contributed by atoms with van der Waals surface area (Å²) in [7, 11) is 0. The first-order chi connectivity index (χ1) is 42.3. The first kappa shape index (κ1) is 78.7. The van der Waals surface area contributed by atoms with Crippen molar-refractivity contribution in [1.29, 1.82) is 0 Å². The van der Waals surface area contributed by atoms with Crippen LogP contribution in [0.4, 0.5) is 0 Å². The number of hydrogen-bond acceptors (Lipinski definition) is 18. The SMILES string of the molecule is CC/C=C\C/C=C\C/C=C\CCCCCCCC(=O)NC(COC1OC(CO)C(OC2OC(CO)C(OC3OC(CO)C(O)C(O)C3O)C(O)C2O)C(O)C1O)C(O)/C=C/CC/C=C/CCCCCCCCCCCCCCCCCCCCCCC. The molecule has 17 unspecified atom stereocenters. The van der Waals surface area contributed by atoms with Gasteiger partial charge in [0.2, 0.25) is 5.91 Å². The molecule has 17 atom stereocenters. The number of aliphatic hydroxyl groups is 11. The zero-order chi connectivity index (χ0) is 63.3. The van der Waals surface area contributed by atoms with Gasteiger partial charge < -0.3 is 89.9 Å². The molecule has 3 rings (SSSR count). The van der Waals surface area contributed by atoms with Gasteiger partial charge in [-0.1, -0.05) is 222 Å². The summed E-state index contributed by atoms with van der Waals surface area (Å²) < 4.78 is 34.3. The Labute approximate surface area is 522 Å². The standard InChI is InChI=1S/C68H121NO18/c1-3-5-7-9-11-13-15-17-19-20-21-22-23-24-25-26-27-28-29-30-32-33-35-37-39-41-43-45-52(73)51(69-56(74)46-44-42-40-38-36-34-31-18-16-14-12-10-8-6-4-2)50-82-66-62(80)59(77)64(54(48-71)84-66)87-68-63(81)60(78)65(55(49-72)85-68)86-67-61(79)58(76)57(75)53(47-70)83-67/h6,8,12,14,18,31,35,37,43,45,51-55,57-68,70-73,75-81H,3-5,7,9-11,13,15-17,19-30,32-34,36,38-42,44,46-50H2,1-2H3,(H,69,74)/b8-6-,14-12-,31-18-,37-35+,45-43+. The summed E-state index contributed by atoms with van der Waals surface area (Å²) in [5.41, 5.74) is 0. The number of aliphatic hydroxyl groups excluding tert-OH is 11. The highest BCUT2D eigenvalue weighted by atomic mass is 16.8. The molecule has 0 spiro atoms. The van der Waals surface area contributed by atoms with E-state index in [0.29, 0.717) is 12.8 Å². The largest absolute Gasteiger partial charge is 0.394 e. The maximum absolute atomic E-state index is 13.3. The van der Waals surface area contributed by atoms with E-state index in [1.165, 1.54) is 128 Å². The maximum Gasteiger partial charge on any atom is 0.220 e. The molecule has 506 valence electrons. The van der Waals surface area contributed by atoms with E-state index in [-0.39, 0.29) is 18.9 Å². The van der Waals surface area contributed by atoms with Crippen molar-refractivity contribution >= 4 is 5.91 Å². The maximum atomic E-state index is 13.3. The molecule has 19 nitrogen and oxygen atoms in total. The smallest absolute Gasteiger partial charge is 0.220 e. The Morgan fingerprint density at radius 1 is 0.425 bits per heavy atom. The van der Waals surface area contributed by atoms with Crippen LogP contribution in [0, 0.1) is 0 Å². The van der Waals surface area contributed by atoms with Gasteiger partial charge in [0.25, 0.3) is 0 Å². The van der Waals surface area contributed by atoms with Crippen LogP contribution in [0.15, 0.2) is 60.8 Å². The van der Waals surface area contributed by atoms with Gasteiger partial charge in [0, 0.05) is 6.42 Å². The third kappa shape index (κ3) is 32.6. The van der Waals surface area contributed by atoms with Gasteiger partial charge in [-0.15, -0.1) is 0 Å². The predicted molar refractivity (Wildman–Crippen MR) is 337 cm³/mol. The summed E-state index contributed by atoms with van der Waals surface area (Å²) in [5, 5.41) is 120. The summed E-state index contributed by atoms with van der Waals surface area (Å²) in [6.07, 6.45) is 33.6. The first-order valence-electron chi connectivity index (χ1n) is 34.0. The van der Waals surface area contributed by atoms with Crippen LogP contribution in [0.3, 0.4) is 0 Å². The Kier molecular flexibility index (Phi) is 45.3. The Morgan fingerprint density at radius 2 is 0.805 bits per heavy atom. The molecule has 0 aromatic heterocycles. The summed E-state index contributed by atoms with van der Waals surface area (Å²) in [6, 6.07) is -1.00. The van der Waals surface area contributed by atoms with Crippen LogP contribution < -0.4 is 5.32 Å². The summed E-state index contributed by atoms with van der Waals surface area (Å²) in [4.78, 5) is 13.3. The van der Waals surface area contributed by atoms with Gasteiger partial charge in [0.1, 0.15) is 73.2 Å². The second-order valence-corrected chi connectivity index (χ2v) is 24.2. The Morgan fingerprint density at radius 3 is 1.29 bits per heavy atom. The van der Waals surface area contributed by atoms with E-state index < -0.39 is 124 Å². The molecule has 87 heavy (non-hydrogen) atoms. The van der Waals surface area contributed by atoms with Gasteiger partial charge in [0.05, 0.1) is 38.6 Å².